The molecule has 1 heterocycles. The molecule has 0 N–H and O–H groups in total. The maximum Gasteiger partial charge on any atom is 0.293 e. The van der Waals surface area contributed by atoms with Gasteiger partial charge in [0.15, 0.2) is 0 Å². The summed E-state index contributed by atoms with van der Waals surface area (Å²) in [7, 11) is 0. The Morgan fingerprint density at radius 2 is 2.17 bits per heavy atom. The third-order valence-electron chi connectivity index (χ3n) is 2.61. The van der Waals surface area contributed by atoms with Gasteiger partial charge in [-0.05, 0) is 24.1 Å². The fraction of sp³-hybridized carbons (Fsp3) is 0.231. The van der Waals surface area contributed by atoms with Crippen LogP contribution in [0.25, 0.3) is 0 Å². The lowest BCUT2D eigenvalue weighted by Crippen LogP contribution is -2.09. The van der Waals surface area contributed by atoms with Crippen LogP contribution in [0.1, 0.15) is 16.4 Å². The Hall–Kier alpha value is -1.39. The summed E-state index contributed by atoms with van der Waals surface area (Å²) in [6, 6.07) is 7.69. The van der Waals surface area contributed by atoms with Crippen LogP contribution in [-0.2, 0) is 16.0 Å². The van der Waals surface area contributed by atoms with E-state index in [2.05, 4.69) is 4.98 Å². The lowest BCUT2D eigenvalue weighted by atomic mass is 9.99. The molecule has 0 aliphatic rings. The van der Waals surface area contributed by atoms with E-state index in [1.165, 1.54) is 0 Å². The zero-order chi connectivity index (χ0) is 12.8. The minimum atomic E-state index is 0.142. The Balaban J connectivity index is 2.09. The van der Waals surface area contributed by atoms with Crippen LogP contribution < -0.4 is 0 Å². The van der Waals surface area contributed by atoms with E-state index >= 15 is 0 Å². The summed E-state index contributed by atoms with van der Waals surface area (Å²) in [5, 5.41) is 0.720. The van der Waals surface area contributed by atoms with Gasteiger partial charge in [-0.15, -0.1) is 11.3 Å². The number of benzene rings is 1. The first-order valence-corrected chi connectivity index (χ1v) is 6.73. The fourth-order valence-corrected chi connectivity index (χ4v) is 2.56. The maximum absolute atomic E-state index is 10.3. The van der Waals surface area contributed by atoms with Crippen molar-refractivity contribution < 1.29 is 9.53 Å². The normalized spacial score (nSPS) is 12.1. The highest BCUT2D eigenvalue weighted by Crippen LogP contribution is 2.25. The van der Waals surface area contributed by atoms with E-state index in [0.29, 0.717) is 13.1 Å². The first-order valence-electron chi connectivity index (χ1n) is 5.47. The van der Waals surface area contributed by atoms with Gasteiger partial charge in [0, 0.05) is 22.0 Å². The van der Waals surface area contributed by atoms with E-state index in [4.69, 9.17) is 16.3 Å². The Labute approximate surface area is 114 Å². The summed E-state index contributed by atoms with van der Waals surface area (Å²) in [6.45, 7) is 0.851. The summed E-state index contributed by atoms with van der Waals surface area (Å²) in [6.07, 6.45) is 2.62. The SMILES string of the molecule is O=COCC(Cc1ccc(Cl)cc1)c1cncs1. The van der Waals surface area contributed by atoms with Crippen LogP contribution in [0.2, 0.25) is 5.02 Å². The number of thiazole rings is 1. The second-order valence-corrected chi connectivity index (χ2v) is 5.22. The molecule has 1 aromatic carbocycles. The van der Waals surface area contributed by atoms with Gasteiger partial charge in [-0.2, -0.15) is 0 Å². The molecule has 0 bridgehead atoms. The van der Waals surface area contributed by atoms with Crippen molar-refractivity contribution >= 4 is 29.4 Å². The van der Waals surface area contributed by atoms with Crippen LogP contribution >= 0.6 is 22.9 Å². The van der Waals surface area contributed by atoms with Gasteiger partial charge in [0.1, 0.15) is 0 Å². The molecule has 2 rings (SSSR count). The zero-order valence-electron chi connectivity index (χ0n) is 9.58. The second-order valence-electron chi connectivity index (χ2n) is 3.86. The summed E-state index contributed by atoms with van der Waals surface area (Å²) in [5.74, 6) is 0.142. The van der Waals surface area contributed by atoms with Crippen LogP contribution in [0.3, 0.4) is 0 Å². The van der Waals surface area contributed by atoms with Crippen LogP contribution in [0, 0.1) is 0 Å². The van der Waals surface area contributed by atoms with Crippen LogP contribution in [0.5, 0.6) is 0 Å². The van der Waals surface area contributed by atoms with Gasteiger partial charge in [-0.25, -0.2) is 0 Å². The quantitative estimate of drug-likeness (QED) is 0.763. The van der Waals surface area contributed by atoms with Crippen molar-refractivity contribution in [2.45, 2.75) is 12.3 Å². The van der Waals surface area contributed by atoms with Crippen LogP contribution in [-0.4, -0.2) is 18.1 Å². The molecule has 1 aromatic heterocycles. The van der Waals surface area contributed by atoms with E-state index in [0.717, 1.165) is 21.9 Å². The van der Waals surface area contributed by atoms with Crippen LogP contribution in [0.15, 0.2) is 36.0 Å². The highest BCUT2D eigenvalue weighted by Gasteiger charge is 2.14. The molecule has 0 saturated carbocycles. The molecular formula is C13H12ClNO2S. The molecule has 0 fully saturated rings. The van der Waals surface area contributed by atoms with Crippen molar-refractivity contribution in [3.63, 3.8) is 0 Å². The summed E-state index contributed by atoms with van der Waals surface area (Å²) in [4.78, 5) is 15.5. The number of carbonyl (C=O) groups is 1. The average Bonchev–Trinajstić information content (AvgIpc) is 2.90. The fourth-order valence-electron chi connectivity index (χ4n) is 1.73. The molecule has 3 nitrogen and oxygen atoms in total. The minimum Gasteiger partial charge on any atom is -0.467 e. The third-order valence-corrected chi connectivity index (χ3v) is 3.80. The minimum absolute atomic E-state index is 0.142. The van der Waals surface area contributed by atoms with Gasteiger partial charge in [0.25, 0.3) is 6.47 Å². The number of hydrogen-bond acceptors (Lipinski definition) is 4. The molecule has 0 amide bonds. The molecule has 0 radical (unpaired) electrons. The molecule has 0 spiro atoms. The molecule has 18 heavy (non-hydrogen) atoms. The summed E-state index contributed by atoms with van der Waals surface area (Å²) < 4.78 is 4.89. The van der Waals surface area contributed by atoms with Crippen LogP contribution in [0.4, 0.5) is 0 Å². The monoisotopic (exact) mass is 281 g/mol. The standard InChI is InChI=1S/C13H12ClNO2S/c14-12-3-1-10(2-4-12)5-11(7-17-9-16)13-6-15-8-18-13/h1-4,6,8-9,11H,5,7H2. The van der Waals surface area contributed by atoms with Crippen molar-refractivity contribution in [2.24, 2.45) is 0 Å². The lowest BCUT2D eigenvalue weighted by Gasteiger charge is -2.13. The molecule has 94 valence electrons. The maximum atomic E-state index is 10.3. The highest BCUT2D eigenvalue weighted by molar-refractivity contribution is 7.09. The number of ether oxygens (including phenoxy) is 1. The Morgan fingerprint density at radius 1 is 1.39 bits per heavy atom. The average molecular weight is 282 g/mol. The van der Waals surface area contributed by atoms with Gasteiger partial charge < -0.3 is 4.74 Å². The molecule has 5 heteroatoms. The molecule has 0 saturated heterocycles. The van der Waals surface area contributed by atoms with E-state index in [1.807, 2.05) is 30.5 Å². The second kappa shape index (κ2) is 6.52. The number of nitrogens with zero attached hydrogens (tertiary/aromatic N) is 1. The van der Waals surface area contributed by atoms with Crippen molar-refractivity contribution in [2.75, 3.05) is 6.61 Å². The molecule has 1 unspecified atom stereocenters. The number of rotatable bonds is 6. The molecule has 1 atom stereocenters. The Morgan fingerprint density at radius 3 is 2.78 bits per heavy atom. The molecular weight excluding hydrogens is 270 g/mol. The van der Waals surface area contributed by atoms with Crippen molar-refractivity contribution in [1.82, 2.24) is 4.98 Å². The van der Waals surface area contributed by atoms with E-state index in [1.54, 1.807) is 16.8 Å². The third kappa shape index (κ3) is 3.55. The smallest absolute Gasteiger partial charge is 0.293 e. The first-order chi connectivity index (χ1) is 8.79. The van der Waals surface area contributed by atoms with E-state index < -0.39 is 0 Å². The molecule has 0 aliphatic carbocycles. The van der Waals surface area contributed by atoms with E-state index in [-0.39, 0.29) is 5.92 Å². The van der Waals surface area contributed by atoms with Crippen molar-refractivity contribution in [1.29, 1.82) is 0 Å². The van der Waals surface area contributed by atoms with Gasteiger partial charge in [-0.3, -0.25) is 9.78 Å². The highest BCUT2D eigenvalue weighted by atomic mass is 35.5. The number of hydrogen-bond donors (Lipinski definition) is 0. The van der Waals surface area contributed by atoms with Crippen molar-refractivity contribution in [3.05, 3.63) is 51.4 Å². The Bertz CT molecular complexity index is 484. The van der Waals surface area contributed by atoms with Gasteiger partial charge >= 0.3 is 0 Å². The zero-order valence-corrected chi connectivity index (χ0v) is 11.2. The van der Waals surface area contributed by atoms with Gasteiger partial charge in [0.2, 0.25) is 0 Å². The topological polar surface area (TPSA) is 39.2 Å². The first kappa shape index (κ1) is 13.1. The largest absolute Gasteiger partial charge is 0.467 e. The van der Waals surface area contributed by atoms with Gasteiger partial charge in [-0.1, -0.05) is 23.7 Å². The number of carbonyl (C=O) groups excluding carboxylic acids is 1. The predicted molar refractivity (Wildman–Crippen MR) is 72.0 cm³/mol. The number of halogens is 1. The molecule has 2 aromatic rings. The van der Waals surface area contributed by atoms with Crippen molar-refractivity contribution in [3.8, 4) is 0 Å². The summed E-state index contributed by atoms with van der Waals surface area (Å²) in [5.41, 5.74) is 2.94. The lowest BCUT2D eigenvalue weighted by molar-refractivity contribution is -0.129. The Kier molecular flexibility index (Phi) is 4.73. The predicted octanol–water partition coefficient (Wildman–Crippen LogP) is 3.30. The van der Waals surface area contributed by atoms with E-state index in [9.17, 15) is 4.79 Å². The molecule has 0 aliphatic heterocycles. The van der Waals surface area contributed by atoms with Gasteiger partial charge in [0.05, 0.1) is 12.1 Å². The summed E-state index contributed by atoms with van der Waals surface area (Å²) >= 11 is 7.42. The number of aromatic nitrogens is 1.